The standard InChI is InChI=1S/C21H13BrO7/c1-29-13-4-2-3-9-15(13)21(28)17-16(18(9)25)19(26)10-5-8(12(24)7-22)6-11(23)14(10)20(17)27/h2-6,23,26-27H,7H2,1H3. The molecular weight excluding hydrogens is 444 g/mol. The van der Waals surface area contributed by atoms with Gasteiger partial charge in [0.05, 0.1) is 34.5 Å². The normalized spacial score (nSPS) is 12.6. The molecule has 1 aliphatic rings. The van der Waals surface area contributed by atoms with Crippen LogP contribution < -0.4 is 4.74 Å². The number of rotatable bonds is 3. The second-order valence-corrected chi connectivity index (χ2v) is 7.02. The highest BCUT2D eigenvalue weighted by molar-refractivity contribution is 9.09. The molecule has 146 valence electrons. The van der Waals surface area contributed by atoms with Crippen molar-refractivity contribution in [2.45, 2.75) is 0 Å². The summed E-state index contributed by atoms with van der Waals surface area (Å²) >= 11 is 3.03. The fraction of sp³-hybridized carbons (Fsp3) is 0.0952. The molecule has 3 aromatic rings. The second kappa shape index (κ2) is 6.59. The first-order valence-corrected chi connectivity index (χ1v) is 9.54. The predicted octanol–water partition coefficient (Wildman–Crippen LogP) is 3.32. The molecule has 0 atom stereocenters. The quantitative estimate of drug-likeness (QED) is 0.245. The van der Waals surface area contributed by atoms with Crippen LogP contribution in [0.1, 0.15) is 42.2 Å². The maximum absolute atomic E-state index is 13.1. The summed E-state index contributed by atoms with van der Waals surface area (Å²) in [5, 5.41) is 31.6. The number of carbonyl (C=O) groups is 3. The van der Waals surface area contributed by atoms with E-state index in [1.54, 1.807) is 0 Å². The van der Waals surface area contributed by atoms with Crippen LogP contribution in [0, 0.1) is 0 Å². The number of alkyl halides is 1. The summed E-state index contributed by atoms with van der Waals surface area (Å²) in [7, 11) is 1.34. The highest BCUT2D eigenvalue weighted by Gasteiger charge is 2.38. The highest BCUT2D eigenvalue weighted by Crippen LogP contribution is 2.48. The average molecular weight is 457 g/mol. The number of methoxy groups -OCH3 is 1. The number of hydrogen-bond donors (Lipinski definition) is 3. The maximum Gasteiger partial charge on any atom is 0.202 e. The van der Waals surface area contributed by atoms with Crippen LogP contribution in [-0.4, -0.2) is 45.1 Å². The minimum atomic E-state index is -0.721. The number of phenolic OH excluding ortho intramolecular Hbond substituents is 3. The number of fused-ring (bicyclic) bond motifs is 3. The van der Waals surface area contributed by atoms with Crippen LogP contribution in [0.15, 0.2) is 30.3 Å². The summed E-state index contributed by atoms with van der Waals surface area (Å²) < 4.78 is 5.17. The monoisotopic (exact) mass is 456 g/mol. The first kappa shape index (κ1) is 18.9. The Labute approximate surface area is 172 Å². The molecule has 1 aliphatic carbocycles. The molecule has 8 heteroatoms. The molecule has 0 radical (unpaired) electrons. The van der Waals surface area contributed by atoms with Crippen molar-refractivity contribution in [2.24, 2.45) is 0 Å². The lowest BCUT2D eigenvalue weighted by Gasteiger charge is -2.23. The van der Waals surface area contributed by atoms with E-state index >= 15 is 0 Å². The Morgan fingerprint density at radius 2 is 1.69 bits per heavy atom. The Morgan fingerprint density at radius 3 is 2.34 bits per heavy atom. The molecule has 0 fully saturated rings. The van der Waals surface area contributed by atoms with Gasteiger partial charge < -0.3 is 20.1 Å². The lowest BCUT2D eigenvalue weighted by atomic mass is 9.80. The number of phenols is 3. The lowest BCUT2D eigenvalue weighted by Crippen LogP contribution is -2.22. The average Bonchev–Trinajstić information content (AvgIpc) is 2.72. The van der Waals surface area contributed by atoms with Gasteiger partial charge in [0.2, 0.25) is 5.78 Å². The molecular formula is C21H13BrO7. The molecule has 0 spiro atoms. The molecule has 4 rings (SSSR count). The molecule has 0 unspecified atom stereocenters. The van der Waals surface area contributed by atoms with Gasteiger partial charge in [-0.15, -0.1) is 0 Å². The zero-order valence-electron chi connectivity index (χ0n) is 14.9. The Bertz CT molecular complexity index is 1260. The van der Waals surface area contributed by atoms with Crippen LogP contribution in [0.5, 0.6) is 23.0 Å². The van der Waals surface area contributed by atoms with E-state index < -0.39 is 34.4 Å². The summed E-state index contributed by atoms with van der Waals surface area (Å²) in [6.07, 6.45) is 0. The molecule has 29 heavy (non-hydrogen) atoms. The number of ether oxygens (including phenoxy) is 1. The van der Waals surface area contributed by atoms with Crippen LogP contribution in [0.25, 0.3) is 10.8 Å². The third-order valence-electron chi connectivity index (χ3n) is 4.95. The first-order valence-electron chi connectivity index (χ1n) is 8.42. The van der Waals surface area contributed by atoms with E-state index in [0.29, 0.717) is 0 Å². The number of carbonyl (C=O) groups excluding carboxylic acids is 3. The van der Waals surface area contributed by atoms with Crippen molar-refractivity contribution >= 4 is 44.1 Å². The van der Waals surface area contributed by atoms with Crippen LogP contribution in [0.2, 0.25) is 0 Å². The molecule has 0 aromatic heterocycles. The van der Waals surface area contributed by atoms with E-state index in [0.717, 1.165) is 6.07 Å². The van der Waals surface area contributed by atoms with Gasteiger partial charge in [0.1, 0.15) is 23.0 Å². The molecule has 0 amide bonds. The molecule has 7 nitrogen and oxygen atoms in total. The highest BCUT2D eigenvalue weighted by atomic mass is 79.9. The fourth-order valence-corrected chi connectivity index (χ4v) is 3.95. The molecule has 0 aliphatic heterocycles. The summed E-state index contributed by atoms with van der Waals surface area (Å²) in [6.45, 7) is 0. The van der Waals surface area contributed by atoms with Crippen LogP contribution in [0.3, 0.4) is 0 Å². The molecule has 0 heterocycles. The molecule has 0 bridgehead atoms. The number of Topliss-reactive ketones (excluding diaryl/α,β-unsaturated/α-hetero) is 1. The number of benzene rings is 3. The fourth-order valence-electron chi connectivity index (χ4n) is 3.62. The number of ketones is 3. The van der Waals surface area contributed by atoms with Crippen molar-refractivity contribution in [1.29, 1.82) is 0 Å². The Balaban J connectivity index is 2.13. The summed E-state index contributed by atoms with van der Waals surface area (Å²) in [5.41, 5.74) is -0.756. The SMILES string of the molecule is COc1cccc2c1C(=O)c1c(c(O)c3cc(C(=O)CBr)cc(O)c3c1O)C2=O. The number of aromatic hydroxyl groups is 3. The van der Waals surface area contributed by atoms with Gasteiger partial charge in [0, 0.05) is 16.5 Å². The van der Waals surface area contributed by atoms with Crippen molar-refractivity contribution in [3.05, 3.63) is 58.1 Å². The van der Waals surface area contributed by atoms with E-state index in [4.69, 9.17) is 4.74 Å². The van der Waals surface area contributed by atoms with Crippen LogP contribution >= 0.6 is 15.9 Å². The van der Waals surface area contributed by atoms with Crippen molar-refractivity contribution in [3.63, 3.8) is 0 Å². The third kappa shape index (κ3) is 2.52. The minimum Gasteiger partial charge on any atom is -0.507 e. The lowest BCUT2D eigenvalue weighted by molar-refractivity contribution is 0.0972. The van der Waals surface area contributed by atoms with Crippen LogP contribution in [-0.2, 0) is 0 Å². The largest absolute Gasteiger partial charge is 0.507 e. The topological polar surface area (TPSA) is 121 Å². The van der Waals surface area contributed by atoms with E-state index in [2.05, 4.69) is 15.9 Å². The molecule has 3 N–H and O–H groups in total. The van der Waals surface area contributed by atoms with Crippen molar-refractivity contribution in [3.8, 4) is 23.0 Å². The van der Waals surface area contributed by atoms with E-state index in [1.807, 2.05) is 0 Å². The molecule has 3 aromatic carbocycles. The van der Waals surface area contributed by atoms with Crippen molar-refractivity contribution < 1.29 is 34.4 Å². The first-order chi connectivity index (χ1) is 13.8. The minimum absolute atomic E-state index is 0.0211. The van der Waals surface area contributed by atoms with Crippen molar-refractivity contribution in [1.82, 2.24) is 0 Å². The van der Waals surface area contributed by atoms with Gasteiger partial charge in [-0.3, -0.25) is 14.4 Å². The van der Waals surface area contributed by atoms with Gasteiger partial charge in [0.25, 0.3) is 0 Å². The van der Waals surface area contributed by atoms with E-state index in [1.165, 1.54) is 31.4 Å². The predicted molar refractivity (Wildman–Crippen MR) is 107 cm³/mol. The Kier molecular flexibility index (Phi) is 4.31. The zero-order chi connectivity index (χ0) is 21.0. The Hall–Kier alpha value is -3.39. The third-order valence-corrected chi connectivity index (χ3v) is 5.46. The van der Waals surface area contributed by atoms with Gasteiger partial charge in [0.15, 0.2) is 11.6 Å². The summed E-state index contributed by atoms with van der Waals surface area (Å²) in [6, 6.07) is 6.84. The van der Waals surface area contributed by atoms with Gasteiger partial charge in [-0.1, -0.05) is 28.1 Å². The van der Waals surface area contributed by atoms with E-state index in [9.17, 15) is 29.7 Å². The van der Waals surface area contributed by atoms with Crippen LogP contribution in [0.4, 0.5) is 0 Å². The van der Waals surface area contributed by atoms with E-state index in [-0.39, 0.29) is 49.9 Å². The summed E-state index contributed by atoms with van der Waals surface area (Å²) in [4.78, 5) is 38.2. The molecule has 0 saturated carbocycles. The molecule has 0 saturated heterocycles. The zero-order valence-corrected chi connectivity index (χ0v) is 16.5. The second-order valence-electron chi connectivity index (χ2n) is 6.46. The number of halogens is 1. The van der Waals surface area contributed by atoms with Gasteiger partial charge in [-0.05, 0) is 18.2 Å². The Morgan fingerprint density at radius 1 is 1.00 bits per heavy atom. The van der Waals surface area contributed by atoms with Gasteiger partial charge >= 0.3 is 0 Å². The number of hydrogen-bond acceptors (Lipinski definition) is 7. The van der Waals surface area contributed by atoms with Gasteiger partial charge in [-0.25, -0.2) is 0 Å². The van der Waals surface area contributed by atoms with Crippen molar-refractivity contribution in [2.75, 3.05) is 12.4 Å². The smallest absolute Gasteiger partial charge is 0.202 e. The van der Waals surface area contributed by atoms with Gasteiger partial charge in [-0.2, -0.15) is 0 Å². The maximum atomic E-state index is 13.1. The summed E-state index contributed by atoms with van der Waals surface area (Å²) in [5.74, 6) is -3.39.